The Bertz CT molecular complexity index is 852. The van der Waals surface area contributed by atoms with Gasteiger partial charge in [-0.1, -0.05) is 23.2 Å². The molecular formula is C18H17Cl2N3O3. The van der Waals surface area contributed by atoms with Crippen molar-refractivity contribution < 1.29 is 9.72 Å². The molecule has 1 aliphatic rings. The molecule has 26 heavy (non-hydrogen) atoms. The SMILES string of the molecule is O=C(Nc1cc(Cl)ccc1Cl)c1cc([N+](=O)[O-])ccc1N1CCCCC1. The number of anilines is 2. The minimum absolute atomic E-state index is 0.131. The molecule has 1 amide bonds. The number of hydrogen-bond donors (Lipinski definition) is 1. The Labute approximate surface area is 160 Å². The molecule has 8 heteroatoms. The summed E-state index contributed by atoms with van der Waals surface area (Å²) in [5, 5.41) is 14.6. The van der Waals surface area contributed by atoms with Crippen molar-refractivity contribution in [2.75, 3.05) is 23.3 Å². The molecule has 0 aliphatic carbocycles. The zero-order chi connectivity index (χ0) is 18.7. The van der Waals surface area contributed by atoms with Crippen LogP contribution in [-0.2, 0) is 0 Å². The average Bonchev–Trinajstić information content (AvgIpc) is 2.65. The van der Waals surface area contributed by atoms with Crippen molar-refractivity contribution in [2.24, 2.45) is 0 Å². The predicted molar refractivity (Wildman–Crippen MR) is 104 cm³/mol. The van der Waals surface area contributed by atoms with Gasteiger partial charge in [0.1, 0.15) is 0 Å². The second kappa shape index (κ2) is 7.93. The summed E-state index contributed by atoms with van der Waals surface area (Å²) < 4.78 is 0. The van der Waals surface area contributed by atoms with E-state index in [1.165, 1.54) is 12.1 Å². The fourth-order valence-corrected chi connectivity index (χ4v) is 3.35. The topological polar surface area (TPSA) is 75.5 Å². The monoisotopic (exact) mass is 393 g/mol. The van der Waals surface area contributed by atoms with Crippen molar-refractivity contribution in [1.29, 1.82) is 0 Å². The van der Waals surface area contributed by atoms with Gasteiger partial charge in [-0.05, 0) is 43.5 Å². The Morgan fingerprint density at radius 3 is 2.50 bits per heavy atom. The molecule has 0 bridgehead atoms. The second-order valence-electron chi connectivity index (χ2n) is 6.08. The van der Waals surface area contributed by atoms with Crippen LogP contribution in [0.4, 0.5) is 17.1 Å². The molecule has 0 atom stereocenters. The smallest absolute Gasteiger partial charge is 0.270 e. The van der Waals surface area contributed by atoms with Crippen molar-refractivity contribution in [3.8, 4) is 0 Å². The molecule has 1 aliphatic heterocycles. The third kappa shape index (κ3) is 4.08. The maximum Gasteiger partial charge on any atom is 0.270 e. The van der Waals surface area contributed by atoms with E-state index in [9.17, 15) is 14.9 Å². The molecule has 1 N–H and O–H groups in total. The average molecular weight is 394 g/mol. The van der Waals surface area contributed by atoms with Crippen LogP contribution in [0, 0.1) is 10.1 Å². The highest BCUT2D eigenvalue weighted by Crippen LogP contribution is 2.30. The lowest BCUT2D eigenvalue weighted by molar-refractivity contribution is -0.384. The molecule has 136 valence electrons. The Morgan fingerprint density at radius 1 is 1.08 bits per heavy atom. The highest BCUT2D eigenvalue weighted by Gasteiger charge is 2.22. The number of non-ortho nitro benzene ring substituents is 1. The summed E-state index contributed by atoms with van der Waals surface area (Å²) in [5.41, 5.74) is 1.16. The van der Waals surface area contributed by atoms with Crippen LogP contribution in [0.15, 0.2) is 36.4 Å². The molecule has 0 radical (unpaired) electrons. The van der Waals surface area contributed by atoms with Gasteiger partial charge in [0.25, 0.3) is 11.6 Å². The van der Waals surface area contributed by atoms with Gasteiger partial charge in [0, 0.05) is 30.2 Å². The Balaban J connectivity index is 1.97. The van der Waals surface area contributed by atoms with Crippen LogP contribution in [-0.4, -0.2) is 23.9 Å². The van der Waals surface area contributed by atoms with Crippen LogP contribution in [0.25, 0.3) is 0 Å². The summed E-state index contributed by atoms with van der Waals surface area (Å²) in [5.74, 6) is -0.460. The van der Waals surface area contributed by atoms with Gasteiger partial charge in [-0.3, -0.25) is 14.9 Å². The molecule has 0 saturated carbocycles. The zero-order valence-corrected chi connectivity index (χ0v) is 15.4. The van der Waals surface area contributed by atoms with Crippen LogP contribution in [0.2, 0.25) is 10.0 Å². The van der Waals surface area contributed by atoms with Gasteiger partial charge >= 0.3 is 0 Å². The Morgan fingerprint density at radius 2 is 1.81 bits per heavy atom. The van der Waals surface area contributed by atoms with Crippen LogP contribution in [0.1, 0.15) is 29.6 Å². The van der Waals surface area contributed by atoms with Gasteiger partial charge in [-0.2, -0.15) is 0 Å². The number of benzene rings is 2. The van der Waals surface area contributed by atoms with E-state index < -0.39 is 10.8 Å². The summed E-state index contributed by atoms with van der Waals surface area (Å²) in [6.07, 6.45) is 3.19. The first kappa shape index (κ1) is 18.5. The highest BCUT2D eigenvalue weighted by molar-refractivity contribution is 6.36. The number of rotatable bonds is 4. The van der Waals surface area contributed by atoms with Gasteiger partial charge < -0.3 is 10.2 Å². The summed E-state index contributed by atoms with van der Waals surface area (Å²) in [4.78, 5) is 25.6. The van der Waals surface area contributed by atoms with Crippen LogP contribution in [0.5, 0.6) is 0 Å². The van der Waals surface area contributed by atoms with E-state index in [1.54, 1.807) is 24.3 Å². The lowest BCUT2D eigenvalue weighted by Gasteiger charge is -2.30. The van der Waals surface area contributed by atoms with Crippen LogP contribution in [0.3, 0.4) is 0 Å². The van der Waals surface area contributed by atoms with E-state index in [1.807, 2.05) is 0 Å². The van der Waals surface area contributed by atoms with Gasteiger partial charge in [-0.15, -0.1) is 0 Å². The number of nitro benzene ring substituents is 1. The largest absolute Gasteiger partial charge is 0.371 e. The molecular weight excluding hydrogens is 377 g/mol. The fourth-order valence-electron chi connectivity index (χ4n) is 3.01. The number of halogens is 2. The van der Waals surface area contributed by atoms with Gasteiger partial charge in [0.2, 0.25) is 0 Å². The van der Waals surface area contributed by atoms with E-state index in [0.717, 1.165) is 32.4 Å². The molecule has 2 aromatic rings. The number of hydrogen-bond acceptors (Lipinski definition) is 4. The first-order chi connectivity index (χ1) is 12.5. The lowest BCUT2D eigenvalue weighted by Crippen LogP contribution is -2.31. The Hall–Kier alpha value is -2.31. The number of piperidine rings is 1. The van der Waals surface area contributed by atoms with E-state index in [-0.39, 0.29) is 11.3 Å². The van der Waals surface area contributed by atoms with E-state index in [0.29, 0.717) is 21.4 Å². The van der Waals surface area contributed by atoms with Crippen LogP contribution < -0.4 is 10.2 Å². The maximum atomic E-state index is 12.9. The van der Waals surface area contributed by atoms with E-state index >= 15 is 0 Å². The van der Waals surface area contributed by atoms with E-state index in [2.05, 4.69) is 10.2 Å². The first-order valence-electron chi connectivity index (χ1n) is 8.25. The van der Waals surface area contributed by atoms with Gasteiger partial charge in [0.15, 0.2) is 0 Å². The van der Waals surface area contributed by atoms with Crippen LogP contribution >= 0.6 is 23.2 Å². The lowest BCUT2D eigenvalue weighted by atomic mass is 10.1. The highest BCUT2D eigenvalue weighted by atomic mass is 35.5. The molecule has 3 rings (SSSR count). The summed E-state index contributed by atoms with van der Waals surface area (Å²) >= 11 is 12.1. The normalized spacial score (nSPS) is 14.2. The van der Waals surface area contributed by atoms with Gasteiger partial charge in [-0.25, -0.2) is 0 Å². The van der Waals surface area contributed by atoms with Crippen molar-refractivity contribution in [2.45, 2.75) is 19.3 Å². The van der Waals surface area contributed by atoms with Crippen molar-refractivity contribution in [1.82, 2.24) is 0 Å². The first-order valence-corrected chi connectivity index (χ1v) is 9.01. The van der Waals surface area contributed by atoms with Crippen molar-refractivity contribution in [3.05, 3.63) is 62.1 Å². The van der Waals surface area contributed by atoms with Crippen molar-refractivity contribution >= 4 is 46.2 Å². The third-order valence-corrected chi connectivity index (χ3v) is 4.87. The molecule has 6 nitrogen and oxygen atoms in total. The fraction of sp³-hybridized carbons (Fsp3) is 0.278. The summed E-state index contributed by atoms with van der Waals surface area (Å²) in [6, 6.07) is 9.10. The summed E-state index contributed by atoms with van der Waals surface area (Å²) in [7, 11) is 0. The maximum absolute atomic E-state index is 12.9. The molecule has 0 spiro atoms. The zero-order valence-electron chi connectivity index (χ0n) is 13.9. The standard InChI is InChI=1S/C18H17Cl2N3O3/c19-12-4-6-15(20)16(10-12)21-18(24)14-11-13(23(25)26)5-7-17(14)22-8-2-1-3-9-22/h4-7,10-11H,1-3,8-9H2,(H,21,24). The van der Waals surface area contributed by atoms with Crippen molar-refractivity contribution in [3.63, 3.8) is 0 Å². The minimum atomic E-state index is -0.511. The molecule has 0 aromatic heterocycles. The van der Waals surface area contributed by atoms with Gasteiger partial charge in [0.05, 0.1) is 26.9 Å². The second-order valence-corrected chi connectivity index (χ2v) is 6.93. The molecule has 1 heterocycles. The minimum Gasteiger partial charge on any atom is -0.371 e. The number of nitrogens with one attached hydrogen (secondary N) is 1. The number of nitro groups is 1. The van der Waals surface area contributed by atoms with E-state index in [4.69, 9.17) is 23.2 Å². The third-order valence-electron chi connectivity index (χ3n) is 4.31. The molecule has 0 unspecified atom stereocenters. The number of nitrogens with zero attached hydrogens (tertiary/aromatic N) is 2. The number of carbonyl (C=O) groups is 1. The molecule has 1 saturated heterocycles. The number of amides is 1. The quantitative estimate of drug-likeness (QED) is 0.575. The number of carbonyl (C=O) groups excluding carboxylic acids is 1. The Kier molecular flexibility index (Phi) is 5.64. The summed E-state index contributed by atoms with van der Waals surface area (Å²) in [6.45, 7) is 1.63. The molecule has 1 fully saturated rings. The predicted octanol–water partition coefficient (Wildman–Crippen LogP) is 5.14. The molecule has 2 aromatic carbocycles.